The summed E-state index contributed by atoms with van der Waals surface area (Å²) in [4.78, 5) is 25.9. The number of likely N-dealkylation sites (tertiary alicyclic amines) is 1. The molecule has 2 amide bonds. The number of amides is 2. The van der Waals surface area contributed by atoms with Crippen molar-refractivity contribution in [2.45, 2.75) is 19.4 Å². The highest BCUT2D eigenvalue weighted by molar-refractivity contribution is 5.80. The van der Waals surface area contributed by atoms with E-state index in [4.69, 9.17) is 0 Å². The molecule has 0 bridgehead atoms. The van der Waals surface area contributed by atoms with Gasteiger partial charge in [-0.25, -0.2) is 4.39 Å². The minimum Gasteiger partial charge on any atom is -0.355 e. The number of nitrogens with zero attached hydrogens (tertiary/aromatic N) is 1. The van der Waals surface area contributed by atoms with Gasteiger partial charge in [0.05, 0.1) is 6.42 Å². The second-order valence-corrected chi connectivity index (χ2v) is 6.44. The molecule has 0 aliphatic carbocycles. The van der Waals surface area contributed by atoms with Gasteiger partial charge in [-0.2, -0.15) is 0 Å². The molecule has 3 rings (SSSR count). The highest BCUT2D eigenvalue weighted by atomic mass is 19.1. The van der Waals surface area contributed by atoms with Crippen molar-refractivity contribution >= 4 is 11.8 Å². The standard InChI is InChI=1S/C20H21FN2O2/c21-18-8-6-16(7-9-18)13-23-14-17(11-20(23)25)12-22-19(24)10-15-4-2-1-3-5-15/h1-9,17H,10-14H2,(H,22,24). The first-order valence-electron chi connectivity index (χ1n) is 8.43. The fourth-order valence-electron chi connectivity index (χ4n) is 3.06. The fraction of sp³-hybridized carbons (Fsp3) is 0.300. The van der Waals surface area contributed by atoms with Gasteiger partial charge in [-0.3, -0.25) is 9.59 Å². The number of carbonyl (C=O) groups excluding carboxylic acids is 2. The summed E-state index contributed by atoms with van der Waals surface area (Å²) >= 11 is 0. The number of halogens is 1. The van der Waals surface area contributed by atoms with E-state index in [9.17, 15) is 14.0 Å². The van der Waals surface area contributed by atoms with Gasteiger partial charge in [0.2, 0.25) is 11.8 Å². The Kier molecular flexibility index (Phi) is 5.43. The molecule has 1 heterocycles. The van der Waals surface area contributed by atoms with Crippen molar-refractivity contribution in [1.29, 1.82) is 0 Å². The summed E-state index contributed by atoms with van der Waals surface area (Å²) in [7, 11) is 0. The Bertz CT molecular complexity index is 731. The normalized spacial score (nSPS) is 16.9. The quantitative estimate of drug-likeness (QED) is 0.878. The van der Waals surface area contributed by atoms with Crippen LogP contribution in [0.25, 0.3) is 0 Å². The highest BCUT2D eigenvalue weighted by Crippen LogP contribution is 2.20. The van der Waals surface area contributed by atoms with Gasteiger partial charge in [-0.15, -0.1) is 0 Å². The van der Waals surface area contributed by atoms with E-state index in [2.05, 4.69) is 5.32 Å². The monoisotopic (exact) mass is 340 g/mol. The van der Waals surface area contributed by atoms with Gasteiger partial charge in [0.1, 0.15) is 5.82 Å². The summed E-state index contributed by atoms with van der Waals surface area (Å²) in [5.74, 6) is -0.120. The molecule has 1 saturated heterocycles. The van der Waals surface area contributed by atoms with Gasteiger partial charge in [-0.1, -0.05) is 42.5 Å². The molecule has 1 unspecified atom stereocenters. The fourth-order valence-corrected chi connectivity index (χ4v) is 3.06. The lowest BCUT2D eigenvalue weighted by Crippen LogP contribution is -2.32. The molecule has 0 radical (unpaired) electrons. The number of benzene rings is 2. The molecule has 1 atom stereocenters. The van der Waals surface area contributed by atoms with E-state index in [1.165, 1.54) is 12.1 Å². The van der Waals surface area contributed by atoms with E-state index < -0.39 is 0 Å². The molecule has 0 spiro atoms. The van der Waals surface area contributed by atoms with Crippen LogP contribution in [-0.4, -0.2) is 29.8 Å². The molecule has 0 aromatic heterocycles. The lowest BCUT2D eigenvalue weighted by Gasteiger charge is -2.17. The van der Waals surface area contributed by atoms with Crippen LogP contribution in [0.3, 0.4) is 0 Å². The smallest absolute Gasteiger partial charge is 0.224 e. The summed E-state index contributed by atoms with van der Waals surface area (Å²) < 4.78 is 13.0. The van der Waals surface area contributed by atoms with Crippen molar-refractivity contribution < 1.29 is 14.0 Å². The third kappa shape index (κ3) is 4.89. The van der Waals surface area contributed by atoms with Crippen molar-refractivity contribution in [3.63, 3.8) is 0 Å². The minimum atomic E-state index is -0.282. The molecule has 130 valence electrons. The minimum absolute atomic E-state index is 0.0318. The van der Waals surface area contributed by atoms with Crippen molar-refractivity contribution in [2.24, 2.45) is 5.92 Å². The molecule has 4 nitrogen and oxygen atoms in total. The summed E-state index contributed by atoms with van der Waals surface area (Å²) in [5, 5.41) is 2.92. The largest absolute Gasteiger partial charge is 0.355 e. The average Bonchev–Trinajstić information content (AvgIpc) is 2.96. The summed E-state index contributed by atoms with van der Waals surface area (Å²) in [5.41, 5.74) is 1.88. The second kappa shape index (κ2) is 7.92. The Balaban J connectivity index is 1.46. The lowest BCUT2D eigenvalue weighted by atomic mass is 10.1. The van der Waals surface area contributed by atoms with Crippen LogP contribution in [-0.2, 0) is 22.6 Å². The molecule has 5 heteroatoms. The Morgan fingerprint density at radius 3 is 2.52 bits per heavy atom. The van der Waals surface area contributed by atoms with Gasteiger partial charge >= 0.3 is 0 Å². The molecular formula is C20H21FN2O2. The maximum Gasteiger partial charge on any atom is 0.224 e. The second-order valence-electron chi connectivity index (χ2n) is 6.44. The van der Waals surface area contributed by atoms with E-state index >= 15 is 0 Å². The Morgan fingerprint density at radius 2 is 1.80 bits per heavy atom. The first kappa shape index (κ1) is 17.1. The van der Waals surface area contributed by atoms with E-state index in [0.29, 0.717) is 32.5 Å². The van der Waals surface area contributed by atoms with Gasteiger partial charge in [-0.05, 0) is 23.3 Å². The number of rotatable bonds is 6. The lowest BCUT2D eigenvalue weighted by molar-refractivity contribution is -0.128. The van der Waals surface area contributed by atoms with Crippen molar-refractivity contribution in [3.05, 3.63) is 71.5 Å². The van der Waals surface area contributed by atoms with E-state index in [0.717, 1.165) is 11.1 Å². The number of hydrogen-bond acceptors (Lipinski definition) is 2. The van der Waals surface area contributed by atoms with Crippen molar-refractivity contribution in [1.82, 2.24) is 10.2 Å². The van der Waals surface area contributed by atoms with Crippen LogP contribution in [0.5, 0.6) is 0 Å². The van der Waals surface area contributed by atoms with Crippen molar-refractivity contribution in [3.8, 4) is 0 Å². The zero-order valence-corrected chi connectivity index (χ0v) is 14.0. The molecule has 1 aliphatic heterocycles. The first-order valence-corrected chi connectivity index (χ1v) is 8.43. The van der Waals surface area contributed by atoms with Crippen LogP contribution in [0, 0.1) is 11.7 Å². The van der Waals surface area contributed by atoms with Crippen LogP contribution < -0.4 is 5.32 Å². The number of hydrogen-bond donors (Lipinski definition) is 1. The summed E-state index contributed by atoms with van der Waals surface area (Å²) in [6.45, 7) is 1.59. The van der Waals surface area contributed by atoms with Crippen LogP contribution in [0.15, 0.2) is 54.6 Å². The maximum absolute atomic E-state index is 13.0. The van der Waals surface area contributed by atoms with Gasteiger partial charge in [0.15, 0.2) is 0 Å². The Morgan fingerprint density at radius 1 is 1.08 bits per heavy atom. The number of nitrogens with one attached hydrogen (secondary N) is 1. The predicted molar refractivity (Wildman–Crippen MR) is 93.1 cm³/mol. The molecule has 1 N–H and O–H groups in total. The van der Waals surface area contributed by atoms with Gasteiger partial charge in [0.25, 0.3) is 0 Å². The topological polar surface area (TPSA) is 49.4 Å². The number of carbonyl (C=O) groups is 2. The predicted octanol–water partition coefficient (Wildman–Crippen LogP) is 2.53. The summed E-state index contributed by atoms with van der Waals surface area (Å²) in [6, 6.07) is 15.8. The Hall–Kier alpha value is -2.69. The van der Waals surface area contributed by atoms with E-state index in [1.54, 1.807) is 17.0 Å². The highest BCUT2D eigenvalue weighted by Gasteiger charge is 2.29. The SMILES string of the molecule is O=C(Cc1ccccc1)NCC1CC(=O)N(Cc2ccc(F)cc2)C1. The molecule has 25 heavy (non-hydrogen) atoms. The molecule has 1 aliphatic rings. The van der Waals surface area contributed by atoms with Crippen LogP contribution in [0.2, 0.25) is 0 Å². The molecule has 1 fully saturated rings. The van der Waals surface area contributed by atoms with Gasteiger partial charge in [0, 0.05) is 32.0 Å². The van der Waals surface area contributed by atoms with Crippen molar-refractivity contribution in [2.75, 3.05) is 13.1 Å². The third-order valence-corrected chi connectivity index (χ3v) is 4.38. The van der Waals surface area contributed by atoms with Crippen LogP contribution in [0.1, 0.15) is 17.5 Å². The van der Waals surface area contributed by atoms with Crippen LogP contribution in [0.4, 0.5) is 4.39 Å². The first-order chi connectivity index (χ1) is 12.1. The third-order valence-electron chi connectivity index (χ3n) is 4.38. The summed E-state index contributed by atoms with van der Waals surface area (Å²) in [6.07, 6.45) is 0.785. The molecular weight excluding hydrogens is 319 g/mol. The maximum atomic E-state index is 13.0. The Labute approximate surface area is 146 Å². The molecule has 2 aromatic carbocycles. The van der Waals surface area contributed by atoms with E-state index in [-0.39, 0.29) is 23.5 Å². The molecule has 2 aromatic rings. The zero-order chi connectivity index (χ0) is 17.6. The van der Waals surface area contributed by atoms with Gasteiger partial charge < -0.3 is 10.2 Å². The average molecular weight is 340 g/mol. The van der Waals surface area contributed by atoms with Crippen LogP contribution >= 0.6 is 0 Å². The molecule has 0 saturated carbocycles. The zero-order valence-electron chi connectivity index (χ0n) is 14.0. The van der Waals surface area contributed by atoms with E-state index in [1.807, 2.05) is 30.3 Å².